The van der Waals surface area contributed by atoms with Gasteiger partial charge < -0.3 is 4.90 Å². The predicted molar refractivity (Wildman–Crippen MR) is 105 cm³/mol. The van der Waals surface area contributed by atoms with Gasteiger partial charge in [0.2, 0.25) is 5.91 Å². The van der Waals surface area contributed by atoms with E-state index < -0.39 is 0 Å². The third kappa shape index (κ3) is 6.58. The minimum atomic E-state index is 0.180. The third-order valence-electron chi connectivity index (χ3n) is 4.07. The Labute approximate surface area is 155 Å². The first-order valence-corrected chi connectivity index (χ1v) is 9.97. The van der Waals surface area contributed by atoms with Gasteiger partial charge in [-0.25, -0.2) is 4.98 Å². The molecule has 0 aliphatic carbocycles. The molecule has 136 valence electrons. The van der Waals surface area contributed by atoms with E-state index in [9.17, 15) is 4.79 Å². The van der Waals surface area contributed by atoms with E-state index in [0.717, 1.165) is 42.3 Å². The molecule has 0 atom stereocenters. The highest BCUT2D eigenvalue weighted by molar-refractivity contribution is 7.13. The molecule has 0 aliphatic heterocycles. The van der Waals surface area contributed by atoms with E-state index in [4.69, 9.17) is 0 Å². The fourth-order valence-corrected chi connectivity index (χ4v) is 3.25. The first kappa shape index (κ1) is 19.6. The summed E-state index contributed by atoms with van der Waals surface area (Å²) in [6, 6.07) is 5.79. The molecule has 5 heteroatoms. The second kappa shape index (κ2) is 9.66. The molecular formula is C20H29N3OS. The molecule has 25 heavy (non-hydrogen) atoms. The van der Waals surface area contributed by atoms with E-state index in [1.165, 1.54) is 0 Å². The summed E-state index contributed by atoms with van der Waals surface area (Å²) < 4.78 is 0. The summed E-state index contributed by atoms with van der Waals surface area (Å²) in [6.07, 6.45) is 4.22. The first-order chi connectivity index (χ1) is 12.0. The highest BCUT2D eigenvalue weighted by atomic mass is 32.1. The van der Waals surface area contributed by atoms with E-state index in [1.807, 2.05) is 28.5 Å². The predicted octanol–water partition coefficient (Wildman–Crippen LogP) is 4.67. The second-order valence-electron chi connectivity index (χ2n) is 7.28. The SMILES string of the molecule is CC(C)CCN(CCC(C)C)C(=O)Cc1csc(-c2ccccn2)n1. The maximum Gasteiger partial charge on any atom is 0.228 e. The van der Waals surface area contributed by atoms with E-state index in [2.05, 4.69) is 37.7 Å². The maximum atomic E-state index is 12.8. The van der Waals surface area contributed by atoms with Crippen LogP contribution in [0.3, 0.4) is 0 Å². The van der Waals surface area contributed by atoms with Crippen LogP contribution < -0.4 is 0 Å². The van der Waals surface area contributed by atoms with Gasteiger partial charge in [0.05, 0.1) is 17.8 Å². The van der Waals surface area contributed by atoms with Gasteiger partial charge in [0.15, 0.2) is 0 Å². The molecule has 0 N–H and O–H groups in total. The molecule has 2 aromatic heterocycles. The van der Waals surface area contributed by atoms with Gasteiger partial charge in [-0.2, -0.15) is 0 Å². The largest absolute Gasteiger partial charge is 0.342 e. The van der Waals surface area contributed by atoms with Gasteiger partial charge >= 0.3 is 0 Å². The van der Waals surface area contributed by atoms with Crippen LogP contribution in [0.15, 0.2) is 29.8 Å². The number of hydrogen-bond donors (Lipinski definition) is 0. The standard InChI is InChI=1S/C20H29N3OS/c1-15(2)8-11-23(12-9-16(3)4)19(24)13-17-14-25-20(22-17)18-7-5-6-10-21-18/h5-7,10,14-16H,8-9,11-13H2,1-4H3. The quantitative estimate of drug-likeness (QED) is 0.654. The molecule has 2 rings (SSSR count). The lowest BCUT2D eigenvalue weighted by Gasteiger charge is -2.24. The number of carbonyl (C=O) groups is 1. The highest BCUT2D eigenvalue weighted by Crippen LogP contribution is 2.22. The van der Waals surface area contributed by atoms with E-state index >= 15 is 0 Å². The van der Waals surface area contributed by atoms with Crippen LogP contribution in [-0.4, -0.2) is 33.9 Å². The second-order valence-corrected chi connectivity index (χ2v) is 8.14. The van der Waals surface area contributed by atoms with Crippen molar-refractivity contribution in [3.8, 4) is 10.7 Å². The Morgan fingerprint density at radius 3 is 2.36 bits per heavy atom. The summed E-state index contributed by atoms with van der Waals surface area (Å²) in [6.45, 7) is 10.5. The zero-order chi connectivity index (χ0) is 18.2. The van der Waals surface area contributed by atoms with Crippen LogP contribution >= 0.6 is 11.3 Å². The average Bonchev–Trinajstić information content (AvgIpc) is 3.03. The smallest absolute Gasteiger partial charge is 0.228 e. The number of hydrogen-bond acceptors (Lipinski definition) is 4. The van der Waals surface area contributed by atoms with Gasteiger partial charge in [-0.15, -0.1) is 11.3 Å². The highest BCUT2D eigenvalue weighted by Gasteiger charge is 2.17. The van der Waals surface area contributed by atoms with Crippen LogP contribution in [0.4, 0.5) is 0 Å². The molecule has 0 saturated carbocycles. The molecule has 1 amide bonds. The van der Waals surface area contributed by atoms with Crippen LogP contribution in [0.2, 0.25) is 0 Å². The number of carbonyl (C=O) groups excluding carboxylic acids is 1. The van der Waals surface area contributed by atoms with Gasteiger partial charge in [0.25, 0.3) is 0 Å². The van der Waals surface area contributed by atoms with Gasteiger partial charge in [-0.05, 0) is 36.8 Å². The summed E-state index contributed by atoms with van der Waals surface area (Å²) in [7, 11) is 0. The number of pyridine rings is 1. The van der Waals surface area contributed by atoms with Crippen molar-refractivity contribution in [3.05, 3.63) is 35.5 Å². The summed E-state index contributed by atoms with van der Waals surface area (Å²) >= 11 is 1.55. The Kier molecular flexibility index (Phi) is 7.56. The number of aromatic nitrogens is 2. The van der Waals surface area contributed by atoms with Crippen molar-refractivity contribution in [3.63, 3.8) is 0 Å². The zero-order valence-corrected chi connectivity index (χ0v) is 16.6. The number of nitrogens with zero attached hydrogens (tertiary/aromatic N) is 3. The van der Waals surface area contributed by atoms with Crippen LogP contribution in [0.5, 0.6) is 0 Å². The molecule has 0 bridgehead atoms. The van der Waals surface area contributed by atoms with Gasteiger partial charge in [0, 0.05) is 24.7 Å². The molecule has 2 heterocycles. The molecule has 0 unspecified atom stereocenters. The Hall–Kier alpha value is -1.75. The normalized spacial score (nSPS) is 11.3. The van der Waals surface area contributed by atoms with Crippen LogP contribution in [0.1, 0.15) is 46.2 Å². The number of thiazole rings is 1. The van der Waals surface area contributed by atoms with Crippen molar-refractivity contribution in [1.82, 2.24) is 14.9 Å². The van der Waals surface area contributed by atoms with Crippen LogP contribution in [0, 0.1) is 11.8 Å². The topological polar surface area (TPSA) is 46.1 Å². The van der Waals surface area contributed by atoms with Gasteiger partial charge in [-0.3, -0.25) is 9.78 Å². The fourth-order valence-electron chi connectivity index (χ4n) is 2.45. The Balaban J connectivity index is 2.00. The molecule has 0 aliphatic rings. The molecule has 2 aromatic rings. The van der Waals surface area contributed by atoms with E-state index in [-0.39, 0.29) is 5.91 Å². The lowest BCUT2D eigenvalue weighted by atomic mass is 10.1. The summed E-state index contributed by atoms with van der Waals surface area (Å²) in [5.41, 5.74) is 1.71. The number of amides is 1. The number of rotatable bonds is 9. The molecule has 0 radical (unpaired) electrons. The zero-order valence-electron chi connectivity index (χ0n) is 15.7. The van der Waals surface area contributed by atoms with Crippen molar-refractivity contribution in [2.75, 3.05) is 13.1 Å². The Bertz CT molecular complexity index is 640. The minimum Gasteiger partial charge on any atom is -0.342 e. The van der Waals surface area contributed by atoms with Crippen LogP contribution in [-0.2, 0) is 11.2 Å². The fraction of sp³-hybridized carbons (Fsp3) is 0.550. The lowest BCUT2D eigenvalue weighted by Crippen LogP contribution is -2.35. The summed E-state index contributed by atoms with van der Waals surface area (Å²) in [5.74, 6) is 1.38. The summed E-state index contributed by atoms with van der Waals surface area (Å²) in [4.78, 5) is 23.7. The molecule has 4 nitrogen and oxygen atoms in total. The van der Waals surface area contributed by atoms with Gasteiger partial charge in [-0.1, -0.05) is 33.8 Å². The van der Waals surface area contributed by atoms with Crippen molar-refractivity contribution in [2.24, 2.45) is 11.8 Å². The van der Waals surface area contributed by atoms with E-state index in [1.54, 1.807) is 17.5 Å². The summed E-state index contributed by atoms with van der Waals surface area (Å²) in [5, 5.41) is 2.85. The monoisotopic (exact) mass is 359 g/mol. The van der Waals surface area contributed by atoms with Crippen molar-refractivity contribution >= 4 is 17.2 Å². The lowest BCUT2D eigenvalue weighted by molar-refractivity contribution is -0.130. The molecule has 0 spiro atoms. The van der Waals surface area contributed by atoms with E-state index in [0.29, 0.717) is 18.3 Å². The maximum absolute atomic E-state index is 12.8. The molecule has 0 aromatic carbocycles. The molecule has 0 fully saturated rings. The van der Waals surface area contributed by atoms with Gasteiger partial charge in [0.1, 0.15) is 5.01 Å². The molecular weight excluding hydrogens is 330 g/mol. The van der Waals surface area contributed by atoms with Crippen LogP contribution in [0.25, 0.3) is 10.7 Å². The minimum absolute atomic E-state index is 0.180. The Morgan fingerprint density at radius 1 is 1.12 bits per heavy atom. The van der Waals surface area contributed by atoms with Crippen molar-refractivity contribution in [1.29, 1.82) is 0 Å². The Morgan fingerprint density at radius 2 is 1.80 bits per heavy atom. The first-order valence-electron chi connectivity index (χ1n) is 9.09. The van der Waals surface area contributed by atoms with Crippen molar-refractivity contribution < 1.29 is 4.79 Å². The van der Waals surface area contributed by atoms with Crippen molar-refractivity contribution in [2.45, 2.75) is 47.0 Å². The molecule has 0 saturated heterocycles. The third-order valence-corrected chi connectivity index (χ3v) is 4.99. The average molecular weight is 360 g/mol.